The number of aromatic nitrogens is 1. The van der Waals surface area contributed by atoms with Crippen molar-refractivity contribution in [2.75, 3.05) is 19.7 Å². The molecule has 0 saturated carbocycles. The molecule has 0 bridgehead atoms. The van der Waals surface area contributed by atoms with E-state index in [0.717, 1.165) is 25.9 Å². The second kappa shape index (κ2) is 7.41. The topological polar surface area (TPSA) is 86.2 Å². The number of ketones is 1. The molecule has 1 aliphatic heterocycles. The van der Waals surface area contributed by atoms with Crippen LogP contribution in [0.2, 0.25) is 5.02 Å². The summed E-state index contributed by atoms with van der Waals surface area (Å²) in [6.45, 7) is 1.30. The molecular weight excluding hydrogens is 342 g/mol. The van der Waals surface area contributed by atoms with Crippen LogP contribution in [0.15, 0.2) is 30.5 Å². The summed E-state index contributed by atoms with van der Waals surface area (Å²) < 4.78 is 5.42. The summed E-state index contributed by atoms with van der Waals surface area (Å²) in [7, 11) is 0. The van der Waals surface area contributed by atoms with Gasteiger partial charge in [-0.25, -0.2) is 0 Å². The van der Waals surface area contributed by atoms with Crippen molar-refractivity contribution in [1.29, 1.82) is 5.26 Å². The molecule has 0 radical (unpaired) electrons. The van der Waals surface area contributed by atoms with E-state index in [1.807, 2.05) is 6.07 Å². The zero-order chi connectivity index (χ0) is 17.8. The predicted octanol–water partition coefficient (Wildman–Crippen LogP) is 3.04. The molecule has 1 fully saturated rings. The van der Waals surface area contributed by atoms with E-state index < -0.39 is 0 Å². The van der Waals surface area contributed by atoms with Gasteiger partial charge in [-0.3, -0.25) is 9.59 Å². The Morgan fingerprint density at radius 1 is 1.28 bits per heavy atom. The third-order valence-electron chi connectivity index (χ3n) is 4.05. The Hall–Kier alpha value is -2.78. The van der Waals surface area contributed by atoms with Crippen LogP contribution in [0.5, 0.6) is 5.75 Å². The van der Waals surface area contributed by atoms with E-state index in [0.29, 0.717) is 22.6 Å². The summed E-state index contributed by atoms with van der Waals surface area (Å²) in [6, 6.07) is 8.11. The number of Topliss-reactive ketones (excluding diaryl/α,β-unsaturated/α-hetero) is 1. The van der Waals surface area contributed by atoms with Gasteiger partial charge in [-0.15, -0.1) is 0 Å². The number of carbonyl (C=O) groups is 2. The lowest BCUT2D eigenvalue weighted by Gasteiger charge is -2.13. The van der Waals surface area contributed by atoms with E-state index in [1.54, 1.807) is 23.1 Å². The molecule has 0 unspecified atom stereocenters. The molecule has 3 rings (SSSR count). The lowest BCUT2D eigenvalue weighted by molar-refractivity contribution is 0.0787. The number of H-pyrrole nitrogens is 1. The van der Waals surface area contributed by atoms with Gasteiger partial charge in [-0.1, -0.05) is 11.6 Å². The van der Waals surface area contributed by atoms with Crippen molar-refractivity contribution >= 4 is 23.3 Å². The van der Waals surface area contributed by atoms with Crippen LogP contribution >= 0.6 is 11.6 Å². The van der Waals surface area contributed by atoms with E-state index >= 15 is 0 Å². The summed E-state index contributed by atoms with van der Waals surface area (Å²) in [6.07, 6.45) is 3.53. The Morgan fingerprint density at radius 3 is 2.72 bits per heavy atom. The van der Waals surface area contributed by atoms with Crippen LogP contribution in [-0.2, 0) is 0 Å². The number of carbonyl (C=O) groups excluding carboxylic acids is 2. The van der Waals surface area contributed by atoms with Gasteiger partial charge < -0.3 is 14.6 Å². The average molecular weight is 358 g/mol. The van der Waals surface area contributed by atoms with E-state index in [2.05, 4.69) is 4.98 Å². The number of ether oxygens (including phenoxy) is 1. The van der Waals surface area contributed by atoms with E-state index in [9.17, 15) is 9.59 Å². The maximum absolute atomic E-state index is 12.3. The van der Waals surface area contributed by atoms with Gasteiger partial charge in [0.15, 0.2) is 6.61 Å². The van der Waals surface area contributed by atoms with Gasteiger partial charge in [-0.2, -0.15) is 5.26 Å². The van der Waals surface area contributed by atoms with Gasteiger partial charge in [0.2, 0.25) is 5.78 Å². The molecule has 0 atom stereocenters. The van der Waals surface area contributed by atoms with Crippen molar-refractivity contribution in [3.63, 3.8) is 0 Å². The summed E-state index contributed by atoms with van der Waals surface area (Å²) in [5.74, 6) is -0.0253. The quantitative estimate of drug-likeness (QED) is 0.833. The molecule has 2 aromatic rings. The van der Waals surface area contributed by atoms with Crippen molar-refractivity contribution in [2.45, 2.75) is 12.8 Å². The highest BCUT2D eigenvalue weighted by Gasteiger charge is 2.21. The van der Waals surface area contributed by atoms with Crippen LogP contribution in [0, 0.1) is 11.3 Å². The zero-order valence-electron chi connectivity index (χ0n) is 13.4. The van der Waals surface area contributed by atoms with Crippen LogP contribution in [0.1, 0.15) is 39.3 Å². The predicted molar refractivity (Wildman–Crippen MR) is 91.9 cm³/mol. The van der Waals surface area contributed by atoms with Crippen LogP contribution in [0.3, 0.4) is 0 Å². The molecule has 6 nitrogen and oxygen atoms in total. The number of aromatic amines is 1. The molecular formula is C18H16ClN3O3. The normalized spacial score (nSPS) is 13.5. The van der Waals surface area contributed by atoms with Crippen LogP contribution < -0.4 is 4.74 Å². The van der Waals surface area contributed by atoms with Crippen molar-refractivity contribution in [3.8, 4) is 11.8 Å². The van der Waals surface area contributed by atoms with Gasteiger partial charge in [0.05, 0.1) is 16.7 Å². The van der Waals surface area contributed by atoms with Crippen LogP contribution in [0.25, 0.3) is 0 Å². The van der Waals surface area contributed by atoms with Crippen molar-refractivity contribution in [2.24, 2.45) is 0 Å². The highest BCUT2D eigenvalue weighted by atomic mass is 35.5. The van der Waals surface area contributed by atoms with Gasteiger partial charge in [0, 0.05) is 24.8 Å². The van der Waals surface area contributed by atoms with Crippen LogP contribution in [0.4, 0.5) is 0 Å². The van der Waals surface area contributed by atoms with Gasteiger partial charge in [0.25, 0.3) is 5.91 Å². The van der Waals surface area contributed by atoms with Crippen molar-refractivity contribution < 1.29 is 14.3 Å². The maximum Gasteiger partial charge on any atom is 0.270 e. The Labute approximate surface area is 150 Å². The average Bonchev–Trinajstić information content (AvgIpc) is 3.31. The maximum atomic E-state index is 12.3. The van der Waals surface area contributed by atoms with Crippen molar-refractivity contribution in [1.82, 2.24) is 9.88 Å². The first-order valence-electron chi connectivity index (χ1n) is 7.92. The fourth-order valence-electron chi connectivity index (χ4n) is 2.68. The Kier molecular flexibility index (Phi) is 5.05. The fraction of sp³-hybridized carbons (Fsp3) is 0.278. The molecule has 2 heterocycles. The Balaban J connectivity index is 1.62. The van der Waals surface area contributed by atoms with Gasteiger partial charge in [0.1, 0.15) is 11.4 Å². The second-order valence-corrected chi connectivity index (χ2v) is 6.18. The molecule has 7 heteroatoms. The Bertz CT molecular complexity index is 847. The number of likely N-dealkylation sites (tertiary alicyclic amines) is 1. The third-order valence-corrected chi connectivity index (χ3v) is 4.34. The number of hydrogen-bond acceptors (Lipinski definition) is 4. The molecule has 0 aliphatic carbocycles. The SMILES string of the molecule is N#Cc1ccc(OCC(=O)c2c[nH]c(C(=O)N3CCCC3)c2)c(Cl)c1. The second-order valence-electron chi connectivity index (χ2n) is 5.77. The molecule has 0 spiro atoms. The summed E-state index contributed by atoms with van der Waals surface area (Å²) in [5.41, 5.74) is 1.20. The van der Waals surface area contributed by atoms with E-state index in [-0.39, 0.29) is 23.3 Å². The summed E-state index contributed by atoms with van der Waals surface area (Å²) in [5, 5.41) is 9.08. The number of hydrogen-bond donors (Lipinski definition) is 1. The first kappa shape index (κ1) is 17.1. The van der Waals surface area contributed by atoms with Crippen LogP contribution in [-0.4, -0.2) is 41.3 Å². The monoisotopic (exact) mass is 357 g/mol. The standard InChI is InChI=1S/C18H16ClN3O3/c19-14-7-12(9-20)3-4-17(14)25-11-16(23)13-8-15(21-10-13)18(24)22-5-1-2-6-22/h3-4,7-8,10,21H,1-2,5-6,11H2. The smallest absolute Gasteiger partial charge is 0.270 e. The number of halogens is 1. The largest absolute Gasteiger partial charge is 0.484 e. The molecule has 1 amide bonds. The lowest BCUT2D eigenvalue weighted by atomic mass is 10.2. The number of benzene rings is 1. The third kappa shape index (κ3) is 3.83. The minimum Gasteiger partial charge on any atom is -0.484 e. The highest BCUT2D eigenvalue weighted by molar-refractivity contribution is 6.32. The van der Waals surface area contributed by atoms with Crippen molar-refractivity contribution in [3.05, 3.63) is 52.3 Å². The fourth-order valence-corrected chi connectivity index (χ4v) is 2.92. The minimum atomic E-state index is -0.267. The van der Waals surface area contributed by atoms with E-state index in [4.69, 9.17) is 21.6 Å². The number of rotatable bonds is 5. The summed E-state index contributed by atoms with van der Waals surface area (Å²) >= 11 is 6.01. The first-order valence-corrected chi connectivity index (χ1v) is 8.29. The lowest BCUT2D eigenvalue weighted by Crippen LogP contribution is -2.27. The minimum absolute atomic E-state index is 0.0902. The molecule has 25 heavy (non-hydrogen) atoms. The highest BCUT2D eigenvalue weighted by Crippen LogP contribution is 2.25. The number of amides is 1. The molecule has 1 aromatic heterocycles. The molecule has 1 aliphatic rings. The number of nitrogens with zero attached hydrogens (tertiary/aromatic N) is 2. The van der Waals surface area contributed by atoms with Gasteiger partial charge >= 0.3 is 0 Å². The molecule has 128 valence electrons. The molecule has 1 N–H and O–H groups in total. The molecule has 1 aromatic carbocycles. The van der Waals surface area contributed by atoms with Gasteiger partial charge in [-0.05, 0) is 37.1 Å². The molecule has 1 saturated heterocycles. The number of nitriles is 1. The zero-order valence-corrected chi connectivity index (χ0v) is 14.2. The van der Waals surface area contributed by atoms with E-state index in [1.165, 1.54) is 12.3 Å². The summed E-state index contributed by atoms with van der Waals surface area (Å²) in [4.78, 5) is 29.1. The first-order chi connectivity index (χ1) is 12.1. The Morgan fingerprint density at radius 2 is 2.04 bits per heavy atom. The number of nitrogens with one attached hydrogen (secondary N) is 1.